The molecule has 23 heavy (non-hydrogen) atoms. The molecule has 0 spiro atoms. The molecular formula is C18H18N2O3. The fraction of sp³-hybridized carbons (Fsp3) is 0.222. The highest BCUT2D eigenvalue weighted by Crippen LogP contribution is 2.21. The van der Waals surface area contributed by atoms with Gasteiger partial charge in [-0.05, 0) is 61.2 Å². The highest BCUT2D eigenvalue weighted by atomic mass is 16.5. The van der Waals surface area contributed by atoms with Crippen LogP contribution in [0, 0.1) is 20.8 Å². The summed E-state index contributed by atoms with van der Waals surface area (Å²) in [7, 11) is 0. The molecule has 0 saturated heterocycles. The molecule has 3 aromatic rings. The van der Waals surface area contributed by atoms with E-state index in [0.29, 0.717) is 12.4 Å². The van der Waals surface area contributed by atoms with Crippen LogP contribution < -0.4 is 10.5 Å². The molecule has 5 nitrogen and oxygen atoms in total. The van der Waals surface area contributed by atoms with Crippen molar-refractivity contribution in [3.05, 3.63) is 69.2 Å². The minimum atomic E-state index is -0.556. The summed E-state index contributed by atoms with van der Waals surface area (Å²) >= 11 is 0. The number of ether oxygens (including phenoxy) is 1. The molecule has 2 aromatic carbocycles. The first kappa shape index (κ1) is 15.1. The molecule has 118 valence electrons. The van der Waals surface area contributed by atoms with Crippen molar-refractivity contribution in [3.8, 4) is 17.1 Å². The lowest BCUT2D eigenvalue weighted by Crippen LogP contribution is -1.99. The Balaban J connectivity index is 1.76. The summed E-state index contributed by atoms with van der Waals surface area (Å²) in [4.78, 5) is 13.6. The number of benzene rings is 2. The molecule has 0 radical (unpaired) electrons. The van der Waals surface area contributed by atoms with Crippen LogP contribution >= 0.6 is 0 Å². The molecular weight excluding hydrogens is 292 g/mol. The third kappa shape index (κ3) is 3.34. The van der Waals surface area contributed by atoms with Crippen molar-refractivity contribution in [2.24, 2.45) is 0 Å². The van der Waals surface area contributed by atoms with Gasteiger partial charge in [0, 0.05) is 5.56 Å². The van der Waals surface area contributed by atoms with Crippen molar-refractivity contribution >= 4 is 0 Å². The van der Waals surface area contributed by atoms with Crippen LogP contribution in [0.1, 0.15) is 22.3 Å². The minimum absolute atomic E-state index is 0.430. The van der Waals surface area contributed by atoms with Gasteiger partial charge < -0.3 is 4.74 Å². The summed E-state index contributed by atoms with van der Waals surface area (Å²) in [5.41, 5.74) is 5.42. The molecule has 0 aliphatic rings. The Hall–Kier alpha value is -2.82. The van der Waals surface area contributed by atoms with E-state index in [2.05, 4.69) is 34.6 Å². The Labute approximate surface area is 133 Å². The van der Waals surface area contributed by atoms with E-state index >= 15 is 0 Å². The predicted molar refractivity (Wildman–Crippen MR) is 87.5 cm³/mol. The van der Waals surface area contributed by atoms with E-state index in [9.17, 15) is 4.79 Å². The van der Waals surface area contributed by atoms with Gasteiger partial charge in [-0.1, -0.05) is 23.4 Å². The molecule has 0 fully saturated rings. The number of aromatic amines is 1. The molecule has 0 aliphatic carbocycles. The van der Waals surface area contributed by atoms with E-state index in [0.717, 1.165) is 22.4 Å². The third-order valence-corrected chi connectivity index (χ3v) is 3.93. The number of nitrogens with one attached hydrogen (secondary N) is 1. The normalized spacial score (nSPS) is 10.7. The summed E-state index contributed by atoms with van der Waals surface area (Å²) in [6.07, 6.45) is 0. The fourth-order valence-corrected chi connectivity index (χ4v) is 2.32. The van der Waals surface area contributed by atoms with Gasteiger partial charge in [0.15, 0.2) is 5.82 Å². The van der Waals surface area contributed by atoms with Crippen molar-refractivity contribution in [2.75, 3.05) is 0 Å². The second-order valence-corrected chi connectivity index (χ2v) is 5.62. The number of hydrogen-bond donors (Lipinski definition) is 1. The molecule has 0 amide bonds. The van der Waals surface area contributed by atoms with E-state index < -0.39 is 5.76 Å². The summed E-state index contributed by atoms with van der Waals surface area (Å²) in [6.45, 7) is 6.64. The maximum Gasteiger partial charge on any atom is 0.439 e. The van der Waals surface area contributed by atoms with E-state index in [1.807, 2.05) is 37.3 Å². The quantitative estimate of drug-likeness (QED) is 0.800. The lowest BCUT2D eigenvalue weighted by atomic mass is 10.1. The zero-order chi connectivity index (χ0) is 16.4. The monoisotopic (exact) mass is 310 g/mol. The molecule has 0 atom stereocenters. The number of aryl methyl sites for hydroxylation is 3. The number of aromatic nitrogens is 2. The summed E-state index contributed by atoms with van der Waals surface area (Å²) in [6, 6.07) is 11.9. The molecule has 0 aliphatic heterocycles. The maximum absolute atomic E-state index is 11.0. The molecule has 3 rings (SSSR count). The van der Waals surface area contributed by atoms with Gasteiger partial charge in [-0.2, -0.15) is 0 Å². The lowest BCUT2D eigenvalue weighted by Gasteiger charge is -2.11. The average molecular weight is 310 g/mol. The number of nitrogens with zero attached hydrogens (tertiary/aromatic N) is 1. The van der Waals surface area contributed by atoms with Crippen molar-refractivity contribution in [1.29, 1.82) is 0 Å². The van der Waals surface area contributed by atoms with Gasteiger partial charge in [-0.15, -0.1) is 0 Å². The van der Waals surface area contributed by atoms with Gasteiger partial charge in [-0.3, -0.25) is 9.51 Å². The van der Waals surface area contributed by atoms with Crippen molar-refractivity contribution in [2.45, 2.75) is 27.4 Å². The molecule has 1 aromatic heterocycles. The molecule has 1 N–H and O–H groups in total. The minimum Gasteiger partial charge on any atom is -0.489 e. The van der Waals surface area contributed by atoms with E-state index in [4.69, 9.17) is 4.74 Å². The Morgan fingerprint density at radius 2 is 1.87 bits per heavy atom. The molecule has 0 unspecified atom stereocenters. The summed E-state index contributed by atoms with van der Waals surface area (Å²) < 4.78 is 10.4. The number of rotatable bonds is 4. The van der Waals surface area contributed by atoms with Crippen LogP contribution in [0.3, 0.4) is 0 Å². The van der Waals surface area contributed by atoms with Gasteiger partial charge in [-0.25, -0.2) is 4.79 Å². The van der Waals surface area contributed by atoms with Gasteiger partial charge in [0.2, 0.25) is 0 Å². The van der Waals surface area contributed by atoms with E-state index in [1.165, 1.54) is 11.1 Å². The van der Waals surface area contributed by atoms with Gasteiger partial charge >= 0.3 is 5.76 Å². The van der Waals surface area contributed by atoms with Crippen LogP contribution in [0.4, 0.5) is 0 Å². The van der Waals surface area contributed by atoms with Crippen LogP contribution in [-0.2, 0) is 6.61 Å². The van der Waals surface area contributed by atoms with Crippen LogP contribution in [0.25, 0.3) is 11.4 Å². The van der Waals surface area contributed by atoms with Crippen LogP contribution in [-0.4, -0.2) is 10.1 Å². The lowest BCUT2D eigenvalue weighted by molar-refractivity contribution is 0.305. The van der Waals surface area contributed by atoms with Crippen molar-refractivity contribution in [3.63, 3.8) is 0 Å². The maximum atomic E-state index is 11.0. The first-order valence-electron chi connectivity index (χ1n) is 7.39. The molecule has 0 bridgehead atoms. The smallest absolute Gasteiger partial charge is 0.439 e. The number of H-pyrrole nitrogens is 1. The standard InChI is InChI=1S/C18H18N2O3/c1-11-4-7-16(9-12(11)2)22-10-15-6-5-14(8-13(15)3)17-19-18(21)23-20-17/h4-9H,10H2,1-3H3,(H,19,20,21). The first-order valence-corrected chi connectivity index (χ1v) is 7.39. The Morgan fingerprint density at radius 1 is 1.04 bits per heavy atom. The van der Waals surface area contributed by atoms with E-state index in [1.54, 1.807) is 0 Å². The van der Waals surface area contributed by atoms with Crippen LogP contribution in [0.2, 0.25) is 0 Å². The van der Waals surface area contributed by atoms with Gasteiger partial charge in [0.25, 0.3) is 0 Å². The zero-order valence-electron chi connectivity index (χ0n) is 13.3. The highest BCUT2D eigenvalue weighted by molar-refractivity contribution is 5.56. The van der Waals surface area contributed by atoms with Crippen molar-refractivity contribution < 1.29 is 9.26 Å². The van der Waals surface area contributed by atoms with Crippen molar-refractivity contribution in [1.82, 2.24) is 10.1 Å². The average Bonchev–Trinajstić information content (AvgIpc) is 2.96. The second-order valence-electron chi connectivity index (χ2n) is 5.62. The van der Waals surface area contributed by atoms with Gasteiger partial charge in [0.05, 0.1) is 0 Å². The SMILES string of the molecule is Cc1ccc(OCc2ccc(-c3noc(=O)[nH]3)cc2C)cc1C. The third-order valence-electron chi connectivity index (χ3n) is 3.93. The Morgan fingerprint density at radius 3 is 2.52 bits per heavy atom. The predicted octanol–water partition coefficient (Wildman–Crippen LogP) is 3.53. The largest absolute Gasteiger partial charge is 0.489 e. The molecule has 5 heteroatoms. The Bertz CT molecular complexity index is 893. The zero-order valence-corrected chi connectivity index (χ0v) is 13.3. The van der Waals surface area contributed by atoms with Gasteiger partial charge in [0.1, 0.15) is 12.4 Å². The summed E-state index contributed by atoms with van der Waals surface area (Å²) in [5, 5.41) is 3.69. The molecule has 0 saturated carbocycles. The summed E-state index contributed by atoms with van der Waals surface area (Å²) in [5.74, 6) is 0.733. The first-order chi connectivity index (χ1) is 11.0. The van der Waals surface area contributed by atoms with Crippen LogP contribution in [0.15, 0.2) is 45.7 Å². The fourth-order valence-electron chi connectivity index (χ4n) is 2.32. The number of hydrogen-bond acceptors (Lipinski definition) is 4. The topological polar surface area (TPSA) is 68.1 Å². The highest BCUT2D eigenvalue weighted by Gasteiger charge is 2.07. The second kappa shape index (κ2) is 6.12. The Kier molecular flexibility index (Phi) is 4.02. The van der Waals surface area contributed by atoms with Crippen LogP contribution in [0.5, 0.6) is 5.75 Å². The molecule has 1 heterocycles. The van der Waals surface area contributed by atoms with E-state index in [-0.39, 0.29) is 0 Å².